The molecule has 1 saturated heterocycles. The third-order valence-corrected chi connectivity index (χ3v) is 3.33. The van der Waals surface area contributed by atoms with Gasteiger partial charge in [-0.1, -0.05) is 11.6 Å². The van der Waals surface area contributed by atoms with E-state index in [1.165, 1.54) is 11.0 Å². The third kappa shape index (κ3) is 2.84. The van der Waals surface area contributed by atoms with Crippen molar-refractivity contribution in [1.82, 2.24) is 0 Å². The SMILES string of the molecule is O=C1CC(CO)CN1c1ccc(C(F)(F)F)cc1Cl. The Bertz CT molecular complexity index is 504. The highest BCUT2D eigenvalue weighted by molar-refractivity contribution is 6.34. The molecule has 7 heteroatoms. The Morgan fingerprint density at radius 1 is 1.42 bits per heavy atom. The topological polar surface area (TPSA) is 40.5 Å². The summed E-state index contributed by atoms with van der Waals surface area (Å²) in [6, 6.07) is 2.88. The Morgan fingerprint density at radius 3 is 2.58 bits per heavy atom. The molecule has 104 valence electrons. The number of rotatable bonds is 2. The number of aliphatic hydroxyl groups excluding tert-OH is 1. The molecule has 1 fully saturated rings. The number of hydrogen-bond donors (Lipinski definition) is 1. The molecule has 1 aromatic rings. The van der Waals surface area contributed by atoms with Crippen LogP contribution in [0.5, 0.6) is 0 Å². The third-order valence-electron chi connectivity index (χ3n) is 3.03. The molecule has 1 aliphatic heterocycles. The smallest absolute Gasteiger partial charge is 0.396 e. The van der Waals surface area contributed by atoms with E-state index in [4.69, 9.17) is 16.7 Å². The number of amides is 1. The van der Waals surface area contributed by atoms with Crippen molar-refractivity contribution in [3.05, 3.63) is 28.8 Å². The van der Waals surface area contributed by atoms with Gasteiger partial charge in [-0.25, -0.2) is 0 Å². The molecule has 0 radical (unpaired) electrons. The van der Waals surface area contributed by atoms with Gasteiger partial charge in [0.25, 0.3) is 0 Å². The molecule has 0 spiro atoms. The van der Waals surface area contributed by atoms with Crippen molar-refractivity contribution in [2.45, 2.75) is 12.6 Å². The lowest BCUT2D eigenvalue weighted by molar-refractivity contribution is -0.137. The largest absolute Gasteiger partial charge is 0.416 e. The quantitative estimate of drug-likeness (QED) is 0.911. The molecule has 1 N–H and O–H groups in total. The van der Waals surface area contributed by atoms with Crippen LogP contribution >= 0.6 is 11.6 Å². The standard InChI is InChI=1S/C12H11ClF3NO2/c13-9-4-8(12(14,15)16)1-2-10(9)17-5-7(6-18)3-11(17)19/h1-2,4,7,18H,3,5-6H2. The average Bonchev–Trinajstić information content (AvgIpc) is 2.69. The fourth-order valence-corrected chi connectivity index (χ4v) is 2.32. The molecule has 1 aromatic carbocycles. The maximum Gasteiger partial charge on any atom is 0.416 e. The zero-order valence-corrected chi connectivity index (χ0v) is 10.5. The first-order valence-corrected chi connectivity index (χ1v) is 5.98. The summed E-state index contributed by atoms with van der Waals surface area (Å²) < 4.78 is 37.5. The predicted octanol–water partition coefficient (Wildman–Crippen LogP) is 2.70. The molecule has 2 rings (SSSR count). The van der Waals surface area contributed by atoms with Gasteiger partial charge in [0.2, 0.25) is 5.91 Å². The predicted molar refractivity (Wildman–Crippen MR) is 64.0 cm³/mol. The van der Waals surface area contributed by atoms with Crippen LogP contribution in [0.15, 0.2) is 18.2 Å². The molecular formula is C12H11ClF3NO2. The minimum atomic E-state index is -4.47. The van der Waals surface area contributed by atoms with E-state index in [9.17, 15) is 18.0 Å². The molecule has 1 amide bonds. The van der Waals surface area contributed by atoms with Crippen molar-refractivity contribution in [2.75, 3.05) is 18.1 Å². The van der Waals surface area contributed by atoms with E-state index < -0.39 is 11.7 Å². The van der Waals surface area contributed by atoms with Gasteiger partial charge >= 0.3 is 6.18 Å². The van der Waals surface area contributed by atoms with Crippen LogP contribution in [0.3, 0.4) is 0 Å². The van der Waals surface area contributed by atoms with Crippen molar-refractivity contribution >= 4 is 23.2 Å². The Morgan fingerprint density at radius 2 is 2.11 bits per heavy atom. The Kier molecular flexibility index (Phi) is 3.73. The maximum absolute atomic E-state index is 12.5. The van der Waals surface area contributed by atoms with Gasteiger partial charge in [0, 0.05) is 25.5 Å². The van der Waals surface area contributed by atoms with Crippen molar-refractivity contribution in [3.8, 4) is 0 Å². The number of alkyl halides is 3. The van der Waals surface area contributed by atoms with E-state index in [1.54, 1.807) is 0 Å². The lowest BCUT2D eigenvalue weighted by Gasteiger charge is -2.19. The van der Waals surface area contributed by atoms with Crippen LogP contribution in [0.2, 0.25) is 5.02 Å². The number of halogens is 4. The first-order chi connectivity index (χ1) is 8.82. The Balaban J connectivity index is 2.30. The van der Waals surface area contributed by atoms with E-state index in [0.717, 1.165) is 12.1 Å². The van der Waals surface area contributed by atoms with E-state index in [-0.39, 0.29) is 42.1 Å². The first-order valence-electron chi connectivity index (χ1n) is 5.61. The van der Waals surface area contributed by atoms with Crippen LogP contribution < -0.4 is 4.90 Å². The summed E-state index contributed by atoms with van der Waals surface area (Å²) in [5.41, 5.74) is -0.609. The zero-order chi connectivity index (χ0) is 14.2. The fourth-order valence-electron chi connectivity index (χ4n) is 2.04. The second-order valence-corrected chi connectivity index (χ2v) is 4.83. The number of aliphatic hydroxyl groups is 1. The number of benzene rings is 1. The number of carbonyl (C=O) groups is 1. The minimum absolute atomic E-state index is 0.123. The second-order valence-electron chi connectivity index (χ2n) is 4.42. The van der Waals surface area contributed by atoms with E-state index in [2.05, 4.69) is 0 Å². The number of nitrogens with zero attached hydrogens (tertiary/aromatic N) is 1. The molecule has 0 saturated carbocycles. The summed E-state index contributed by atoms with van der Waals surface area (Å²) in [5.74, 6) is -0.452. The fraction of sp³-hybridized carbons (Fsp3) is 0.417. The van der Waals surface area contributed by atoms with Gasteiger partial charge in [0.15, 0.2) is 0 Å². The zero-order valence-electron chi connectivity index (χ0n) is 9.75. The summed E-state index contributed by atoms with van der Waals surface area (Å²) in [6.07, 6.45) is -4.29. The van der Waals surface area contributed by atoms with E-state index in [1.807, 2.05) is 0 Å². The molecule has 3 nitrogen and oxygen atoms in total. The van der Waals surface area contributed by atoms with Crippen LogP contribution in [-0.2, 0) is 11.0 Å². The second kappa shape index (κ2) is 5.02. The highest BCUT2D eigenvalue weighted by atomic mass is 35.5. The molecule has 1 aliphatic rings. The molecule has 0 aliphatic carbocycles. The normalized spacial score (nSPS) is 20.2. The summed E-state index contributed by atoms with van der Waals surface area (Å²) in [7, 11) is 0. The number of hydrogen-bond acceptors (Lipinski definition) is 2. The molecule has 1 heterocycles. The van der Waals surface area contributed by atoms with Crippen molar-refractivity contribution in [1.29, 1.82) is 0 Å². The molecule has 1 atom stereocenters. The summed E-state index contributed by atoms with van der Waals surface area (Å²) in [5, 5.41) is 8.88. The van der Waals surface area contributed by atoms with Crippen LogP contribution in [-0.4, -0.2) is 24.2 Å². The highest BCUT2D eigenvalue weighted by Crippen LogP contribution is 2.36. The van der Waals surface area contributed by atoms with Crippen molar-refractivity contribution in [2.24, 2.45) is 5.92 Å². The average molecular weight is 294 g/mol. The first kappa shape index (κ1) is 14.1. The van der Waals surface area contributed by atoms with E-state index >= 15 is 0 Å². The van der Waals surface area contributed by atoms with Gasteiger partial charge in [-0.2, -0.15) is 13.2 Å². The van der Waals surface area contributed by atoms with Gasteiger partial charge in [-0.05, 0) is 18.2 Å². The van der Waals surface area contributed by atoms with Crippen LogP contribution in [0, 0.1) is 5.92 Å². The number of carbonyl (C=O) groups excluding carboxylic acids is 1. The van der Waals surface area contributed by atoms with Crippen molar-refractivity contribution in [3.63, 3.8) is 0 Å². The van der Waals surface area contributed by atoms with Crippen LogP contribution in [0.4, 0.5) is 18.9 Å². The Hall–Kier alpha value is -1.27. The molecular weight excluding hydrogens is 283 g/mol. The lowest BCUT2D eigenvalue weighted by Crippen LogP contribution is -2.25. The van der Waals surface area contributed by atoms with Crippen molar-refractivity contribution < 1.29 is 23.1 Å². The van der Waals surface area contributed by atoms with Gasteiger partial charge in [-0.15, -0.1) is 0 Å². The van der Waals surface area contributed by atoms with Gasteiger partial charge in [0.05, 0.1) is 16.3 Å². The maximum atomic E-state index is 12.5. The van der Waals surface area contributed by atoms with Gasteiger partial charge in [-0.3, -0.25) is 4.79 Å². The minimum Gasteiger partial charge on any atom is -0.396 e. The highest BCUT2D eigenvalue weighted by Gasteiger charge is 2.34. The van der Waals surface area contributed by atoms with E-state index in [0.29, 0.717) is 0 Å². The Labute approximate surface area is 112 Å². The van der Waals surface area contributed by atoms with Crippen LogP contribution in [0.1, 0.15) is 12.0 Å². The van der Waals surface area contributed by atoms with Gasteiger partial charge in [0.1, 0.15) is 0 Å². The molecule has 19 heavy (non-hydrogen) atoms. The molecule has 0 aromatic heterocycles. The monoisotopic (exact) mass is 293 g/mol. The summed E-state index contributed by atoms with van der Waals surface area (Å²) >= 11 is 5.82. The van der Waals surface area contributed by atoms with Crippen LogP contribution in [0.25, 0.3) is 0 Å². The molecule has 1 unspecified atom stereocenters. The summed E-state index contributed by atoms with van der Waals surface area (Å²) in [6.45, 7) is 0.126. The summed E-state index contributed by atoms with van der Waals surface area (Å²) in [4.78, 5) is 13.0. The molecule has 0 bridgehead atoms. The number of anilines is 1. The van der Waals surface area contributed by atoms with Gasteiger partial charge < -0.3 is 10.0 Å². The lowest BCUT2D eigenvalue weighted by atomic mass is 10.1.